The molecule has 24 heavy (non-hydrogen) atoms. The molecule has 0 aromatic heterocycles. The number of fused-ring (bicyclic) bond motifs is 6. The van der Waals surface area contributed by atoms with Crippen LogP contribution in [0.2, 0.25) is 0 Å². The summed E-state index contributed by atoms with van der Waals surface area (Å²) >= 11 is 0. The predicted octanol–water partition coefficient (Wildman–Crippen LogP) is 3.49. The lowest BCUT2D eigenvalue weighted by Gasteiger charge is -2.35. The van der Waals surface area contributed by atoms with Crippen LogP contribution in [0, 0.1) is 0 Å². The van der Waals surface area contributed by atoms with Crippen molar-refractivity contribution in [2.45, 2.75) is 5.41 Å². The van der Waals surface area contributed by atoms with Crippen molar-refractivity contribution in [3.63, 3.8) is 0 Å². The van der Waals surface area contributed by atoms with Crippen molar-refractivity contribution in [3.05, 3.63) is 95.6 Å². The van der Waals surface area contributed by atoms with E-state index in [0.29, 0.717) is 0 Å². The number of benzene rings is 3. The lowest BCUT2D eigenvalue weighted by Crippen LogP contribution is -2.46. The van der Waals surface area contributed by atoms with Crippen LogP contribution in [-0.4, -0.2) is 11.6 Å². The Labute approximate surface area is 139 Å². The van der Waals surface area contributed by atoms with E-state index in [0.717, 1.165) is 33.5 Å². The van der Waals surface area contributed by atoms with E-state index in [1.807, 2.05) is 66.7 Å². The SMILES string of the molecule is O=C1NN=C2c3ccccc3-c3ccccc3C12c1ccccc1. The Bertz CT molecular complexity index is 1010. The third kappa shape index (κ3) is 1.46. The van der Waals surface area contributed by atoms with Gasteiger partial charge in [0, 0.05) is 5.56 Å². The third-order valence-corrected chi connectivity index (χ3v) is 4.98. The Kier molecular flexibility index (Phi) is 2.57. The van der Waals surface area contributed by atoms with E-state index in [9.17, 15) is 4.79 Å². The second-order valence-corrected chi connectivity index (χ2v) is 6.11. The molecule has 1 unspecified atom stereocenters. The van der Waals surface area contributed by atoms with Gasteiger partial charge in [-0.25, -0.2) is 5.43 Å². The maximum Gasteiger partial charge on any atom is 0.261 e. The second-order valence-electron chi connectivity index (χ2n) is 6.11. The van der Waals surface area contributed by atoms with E-state index in [-0.39, 0.29) is 5.91 Å². The van der Waals surface area contributed by atoms with E-state index < -0.39 is 5.41 Å². The molecular formula is C21H14N2O. The minimum Gasteiger partial charge on any atom is -0.271 e. The monoisotopic (exact) mass is 310 g/mol. The summed E-state index contributed by atoms with van der Waals surface area (Å²) < 4.78 is 0. The largest absolute Gasteiger partial charge is 0.271 e. The van der Waals surface area contributed by atoms with Crippen LogP contribution >= 0.6 is 0 Å². The molecule has 3 nitrogen and oxygen atoms in total. The van der Waals surface area contributed by atoms with Gasteiger partial charge in [-0.15, -0.1) is 0 Å². The van der Waals surface area contributed by atoms with Crippen LogP contribution in [0.25, 0.3) is 11.1 Å². The zero-order valence-corrected chi connectivity index (χ0v) is 12.9. The number of nitrogens with zero attached hydrogens (tertiary/aromatic N) is 1. The van der Waals surface area contributed by atoms with Gasteiger partial charge in [-0.2, -0.15) is 5.10 Å². The Hall–Kier alpha value is -3.20. The van der Waals surface area contributed by atoms with Gasteiger partial charge in [0.2, 0.25) is 0 Å². The minimum absolute atomic E-state index is 0.0920. The molecule has 0 radical (unpaired) electrons. The summed E-state index contributed by atoms with van der Waals surface area (Å²) in [5.74, 6) is -0.0920. The van der Waals surface area contributed by atoms with Crippen molar-refractivity contribution in [1.82, 2.24) is 5.43 Å². The molecule has 3 heteroatoms. The first kappa shape index (κ1) is 13.3. The minimum atomic E-state index is -0.883. The lowest BCUT2D eigenvalue weighted by atomic mass is 9.63. The van der Waals surface area contributed by atoms with E-state index in [1.54, 1.807) is 0 Å². The van der Waals surface area contributed by atoms with Crippen LogP contribution in [0.4, 0.5) is 0 Å². The van der Waals surface area contributed by atoms with Crippen molar-refractivity contribution in [3.8, 4) is 11.1 Å². The molecule has 5 rings (SSSR count). The number of hydrogen-bond donors (Lipinski definition) is 1. The highest BCUT2D eigenvalue weighted by Gasteiger charge is 2.54. The first-order chi connectivity index (χ1) is 11.8. The lowest BCUT2D eigenvalue weighted by molar-refractivity contribution is -0.122. The molecule has 0 saturated carbocycles. The van der Waals surface area contributed by atoms with Gasteiger partial charge < -0.3 is 0 Å². The molecule has 114 valence electrons. The smallest absolute Gasteiger partial charge is 0.261 e. The number of carbonyl (C=O) groups excluding carboxylic acids is 1. The number of hydrazone groups is 1. The van der Waals surface area contributed by atoms with E-state index in [4.69, 9.17) is 0 Å². The highest BCUT2D eigenvalue weighted by molar-refractivity contribution is 6.30. The topological polar surface area (TPSA) is 41.5 Å². The zero-order valence-electron chi connectivity index (χ0n) is 12.9. The first-order valence-corrected chi connectivity index (χ1v) is 7.97. The quantitative estimate of drug-likeness (QED) is 0.734. The van der Waals surface area contributed by atoms with Crippen LogP contribution < -0.4 is 5.43 Å². The fourth-order valence-corrected chi connectivity index (χ4v) is 3.97. The van der Waals surface area contributed by atoms with Gasteiger partial charge in [-0.1, -0.05) is 78.9 Å². The molecule has 0 saturated heterocycles. The molecule has 1 heterocycles. The van der Waals surface area contributed by atoms with Gasteiger partial charge in [0.25, 0.3) is 5.91 Å². The van der Waals surface area contributed by atoms with Crippen molar-refractivity contribution in [2.75, 3.05) is 0 Å². The van der Waals surface area contributed by atoms with Crippen LogP contribution in [0.1, 0.15) is 16.7 Å². The zero-order chi connectivity index (χ0) is 16.1. The average Bonchev–Trinajstić information content (AvgIpc) is 3.01. The molecular weight excluding hydrogens is 296 g/mol. The average molecular weight is 310 g/mol. The summed E-state index contributed by atoms with van der Waals surface area (Å²) in [6, 6.07) is 26.2. The van der Waals surface area contributed by atoms with Crippen LogP contribution in [-0.2, 0) is 10.2 Å². The molecule has 1 amide bonds. The fraction of sp³-hybridized carbons (Fsp3) is 0.0476. The van der Waals surface area contributed by atoms with Gasteiger partial charge >= 0.3 is 0 Å². The Morgan fingerprint density at radius 2 is 1.33 bits per heavy atom. The molecule has 1 aliphatic heterocycles. The molecule has 0 spiro atoms. The molecule has 2 aliphatic rings. The summed E-state index contributed by atoms with van der Waals surface area (Å²) in [6.07, 6.45) is 0. The number of carbonyl (C=O) groups is 1. The predicted molar refractivity (Wildman–Crippen MR) is 93.8 cm³/mol. The maximum absolute atomic E-state index is 13.1. The summed E-state index contributed by atoms with van der Waals surface area (Å²) in [5, 5.41) is 4.44. The van der Waals surface area contributed by atoms with Crippen molar-refractivity contribution < 1.29 is 4.79 Å². The molecule has 1 N–H and O–H groups in total. The van der Waals surface area contributed by atoms with Crippen molar-refractivity contribution in [2.24, 2.45) is 5.10 Å². The molecule has 1 atom stereocenters. The fourth-order valence-electron chi connectivity index (χ4n) is 3.97. The molecule has 3 aromatic carbocycles. The molecule has 1 aliphatic carbocycles. The summed E-state index contributed by atoms with van der Waals surface area (Å²) in [7, 11) is 0. The van der Waals surface area contributed by atoms with Crippen LogP contribution in [0.15, 0.2) is 84.0 Å². The first-order valence-electron chi connectivity index (χ1n) is 7.97. The van der Waals surface area contributed by atoms with E-state index >= 15 is 0 Å². The summed E-state index contributed by atoms with van der Waals surface area (Å²) in [4.78, 5) is 13.1. The summed E-state index contributed by atoms with van der Waals surface area (Å²) in [5.41, 5.74) is 7.79. The van der Waals surface area contributed by atoms with E-state index in [2.05, 4.69) is 22.7 Å². The van der Waals surface area contributed by atoms with Crippen LogP contribution in [0.3, 0.4) is 0 Å². The number of rotatable bonds is 1. The third-order valence-electron chi connectivity index (χ3n) is 4.98. The molecule has 0 fully saturated rings. The van der Waals surface area contributed by atoms with Gasteiger partial charge in [-0.05, 0) is 22.3 Å². The van der Waals surface area contributed by atoms with Crippen LogP contribution in [0.5, 0.6) is 0 Å². The Morgan fingerprint density at radius 1 is 0.708 bits per heavy atom. The molecule has 0 bridgehead atoms. The second kappa shape index (κ2) is 4.65. The highest BCUT2D eigenvalue weighted by atomic mass is 16.2. The number of amides is 1. The van der Waals surface area contributed by atoms with Crippen molar-refractivity contribution in [1.29, 1.82) is 0 Å². The normalized spacial score (nSPS) is 20.5. The van der Waals surface area contributed by atoms with Crippen molar-refractivity contribution >= 4 is 11.6 Å². The highest BCUT2D eigenvalue weighted by Crippen LogP contribution is 2.48. The van der Waals surface area contributed by atoms with Gasteiger partial charge in [0.05, 0.1) is 5.71 Å². The molecule has 3 aromatic rings. The Morgan fingerprint density at radius 3 is 2.12 bits per heavy atom. The van der Waals surface area contributed by atoms with Gasteiger partial charge in [0.15, 0.2) is 0 Å². The van der Waals surface area contributed by atoms with E-state index in [1.165, 1.54) is 0 Å². The Balaban J connectivity index is 1.96. The van der Waals surface area contributed by atoms with Gasteiger partial charge in [0.1, 0.15) is 5.41 Å². The number of hydrogen-bond acceptors (Lipinski definition) is 2. The van der Waals surface area contributed by atoms with Gasteiger partial charge in [-0.3, -0.25) is 4.79 Å². The maximum atomic E-state index is 13.1. The standard InChI is InChI=1S/C21H14N2O/c24-20-21(14-8-2-1-3-9-14)18-13-7-6-11-16(18)15-10-4-5-12-17(15)19(21)22-23-20/h1-13H,(H,23,24). The summed E-state index contributed by atoms with van der Waals surface area (Å²) in [6.45, 7) is 0. The number of nitrogens with one attached hydrogen (secondary N) is 1.